The highest BCUT2D eigenvalue weighted by Crippen LogP contribution is 2.27. The number of phenols is 2. The number of aromatic hydroxyl groups is 2. The molecule has 0 radical (unpaired) electrons. The normalized spacial score (nSPS) is 10.5. The molecule has 0 spiro atoms. The lowest BCUT2D eigenvalue weighted by molar-refractivity contribution is 0.0733. The lowest BCUT2D eigenvalue weighted by Crippen LogP contribution is -2.09. The highest BCUT2D eigenvalue weighted by atomic mass is 16.5. The molecule has 0 amide bonds. The van der Waals surface area contributed by atoms with Crippen molar-refractivity contribution in [1.82, 2.24) is 4.98 Å². The molecular formula is C16H11NO4. The predicted octanol–water partition coefficient (Wildman–Crippen LogP) is 2.87. The zero-order chi connectivity index (χ0) is 14.8. The lowest BCUT2D eigenvalue weighted by atomic mass is 10.2. The Bertz CT molecular complexity index is 824. The van der Waals surface area contributed by atoms with Gasteiger partial charge in [-0.05, 0) is 30.3 Å². The number of carbonyl (C=O) groups excluding carboxylic acids is 1. The fourth-order valence-corrected chi connectivity index (χ4v) is 2.00. The first-order chi connectivity index (χ1) is 10.1. The Morgan fingerprint density at radius 2 is 1.86 bits per heavy atom. The molecule has 5 heteroatoms. The first kappa shape index (κ1) is 12.9. The van der Waals surface area contributed by atoms with Crippen molar-refractivity contribution >= 4 is 16.9 Å². The molecule has 0 aliphatic rings. The van der Waals surface area contributed by atoms with Crippen LogP contribution in [0.4, 0.5) is 0 Å². The van der Waals surface area contributed by atoms with Crippen molar-refractivity contribution in [2.75, 3.05) is 0 Å². The number of rotatable bonds is 2. The minimum Gasteiger partial charge on any atom is -0.508 e. The van der Waals surface area contributed by atoms with Gasteiger partial charge in [-0.1, -0.05) is 18.2 Å². The molecule has 21 heavy (non-hydrogen) atoms. The van der Waals surface area contributed by atoms with E-state index in [9.17, 15) is 15.0 Å². The van der Waals surface area contributed by atoms with E-state index >= 15 is 0 Å². The number of esters is 1. The number of aromatic nitrogens is 1. The van der Waals surface area contributed by atoms with Crippen LogP contribution in [0, 0.1) is 0 Å². The Balaban J connectivity index is 1.99. The second-order valence-electron chi connectivity index (χ2n) is 4.42. The van der Waals surface area contributed by atoms with E-state index in [4.69, 9.17) is 4.74 Å². The summed E-state index contributed by atoms with van der Waals surface area (Å²) in [5, 5.41) is 19.9. The van der Waals surface area contributed by atoms with Crippen LogP contribution in [0.15, 0.2) is 54.7 Å². The molecule has 0 saturated carbocycles. The SMILES string of the molecule is O=C(Oc1cccc2cccnc12)c1cc(O)ccc1O. The van der Waals surface area contributed by atoms with E-state index in [1.807, 2.05) is 12.1 Å². The van der Waals surface area contributed by atoms with Gasteiger partial charge in [0, 0.05) is 11.6 Å². The highest BCUT2D eigenvalue weighted by molar-refractivity contribution is 5.96. The number of para-hydroxylation sites is 1. The summed E-state index contributed by atoms with van der Waals surface area (Å²) in [5.41, 5.74) is 0.441. The summed E-state index contributed by atoms with van der Waals surface area (Å²) in [6.45, 7) is 0. The van der Waals surface area contributed by atoms with Crippen LogP contribution in [-0.4, -0.2) is 21.2 Å². The smallest absolute Gasteiger partial charge is 0.347 e. The highest BCUT2D eigenvalue weighted by Gasteiger charge is 2.16. The molecule has 0 atom stereocenters. The van der Waals surface area contributed by atoms with E-state index in [2.05, 4.69) is 4.98 Å². The number of hydrogen-bond donors (Lipinski definition) is 2. The van der Waals surface area contributed by atoms with Crippen LogP contribution in [0.5, 0.6) is 17.2 Å². The van der Waals surface area contributed by atoms with Gasteiger partial charge in [-0.25, -0.2) is 4.79 Å². The van der Waals surface area contributed by atoms with E-state index in [0.29, 0.717) is 11.3 Å². The van der Waals surface area contributed by atoms with Crippen LogP contribution in [0.3, 0.4) is 0 Å². The molecule has 0 aliphatic carbocycles. The summed E-state index contributed by atoms with van der Waals surface area (Å²) in [4.78, 5) is 16.3. The number of hydrogen-bond acceptors (Lipinski definition) is 5. The average Bonchev–Trinajstić information content (AvgIpc) is 2.50. The number of carbonyl (C=O) groups is 1. The second kappa shape index (κ2) is 5.13. The van der Waals surface area contributed by atoms with Crippen LogP contribution in [0.2, 0.25) is 0 Å². The largest absolute Gasteiger partial charge is 0.508 e. The van der Waals surface area contributed by atoms with Crippen molar-refractivity contribution < 1.29 is 19.7 Å². The fourth-order valence-electron chi connectivity index (χ4n) is 2.00. The molecule has 2 N–H and O–H groups in total. The number of phenolic OH excluding ortho intramolecular Hbond substituents is 2. The molecule has 0 aliphatic heterocycles. The molecule has 0 bridgehead atoms. The molecule has 1 heterocycles. The average molecular weight is 281 g/mol. The van der Waals surface area contributed by atoms with Gasteiger partial charge in [0.05, 0.1) is 0 Å². The van der Waals surface area contributed by atoms with Gasteiger partial charge >= 0.3 is 5.97 Å². The summed E-state index contributed by atoms with van der Waals surface area (Å²) >= 11 is 0. The van der Waals surface area contributed by atoms with Crippen LogP contribution in [0.1, 0.15) is 10.4 Å². The van der Waals surface area contributed by atoms with Gasteiger partial charge < -0.3 is 14.9 Å². The van der Waals surface area contributed by atoms with Crippen molar-refractivity contribution in [3.8, 4) is 17.2 Å². The number of pyridine rings is 1. The number of fused-ring (bicyclic) bond motifs is 1. The zero-order valence-electron chi connectivity index (χ0n) is 10.9. The van der Waals surface area contributed by atoms with Crippen molar-refractivity contribution in [2.24, 2.45) is 0 Å². The van der Waals surface area contributed by atoms with Crippen molar-refractivity contribution in [3.05, 3.63) is 60.3 Å². The molecule has 104 valence electrons. The van der Waals surface area contributed by atoms with Crippen LogP contribution in [-0.2, 0) is 0 Å². The minimum atomic E-state index is -0.762. The van der Waals surface area contributed by atoms with Crippen molar-refractivity contribution in [3.63, 3.8) is 0 Å². The van der Waals surface area contributed by atoms with Gasteiger partial charge in [-0.3, -0.25) is 4.98 Å². The maximum Gasteiger partial charge on any atom is 0.347 e. The summed E-state index contributed by atoms with van der Waals surface area (Å²) in [6, 6.07) is 12.5. The molecule has 5 nitrogen and oxygen atoms in total. The quantitative estimate of drug-likeness (QED) is 0.429. The van der Waals surface area contributed by atoms with Gasteiger partial charge in [0.2, 0.25) is 0 Å². The number of benzene rings is 2. The molecule has 3 aromatic rings. The summed E-state index contributed by atoms with van der Waals surface area (Å²) in [6.07, 6.45) is 1.60. The second-order valence-corrected chi connectivity index (χ2v) is 4.42. The molecule has 0 saturated heterocycles. The third-order valence-electron chi connectivity index (χ3n) is 3.00. The van der Waals surface area contributed by atoms with E-state index in [1.54, 1.807) is 24.4 Å². The summed E-state index contributed by atoms with van der Waals surface area (Å²) < 4.78 is 5.28. The van der Waals surface area contributed by atoms with E-state index in [1.165, 1.54) is 12.1 Å². The Morgan fingerprint density at radius 3 is 2.71 bits per heavy atom. The third-order valence-corrected chi connectivity index (χ3v) is 3.00. The van der Waals surface area contributed by atoms with Gasteiger partial charge in [0.1, 0.15) is 22.6 Å². The van der Waals surface area contributed by atoms with Gasteiger partial charge in [-0.2, -0.15) is 0 Å². The maximum atomic E-state index is 12.1. The standard InChI is InChI=1S/C16H11NO4/c18-11-6-7-13(19)12(9-11)16(20)21-14-5-1-3-10-4-2-8-17-15(10)14/h1-9,18-19H. The molecule has 1 aromatic heterocycles. The summed E-state index contributed by atoms with van der Waals surface area (Å²) in [5.74, 6) is -0.857. The molecular weight excluding hydrogens is 270 g/mol. The summed E-state index contributed by atoms with van der Waals surface area (Å²) in [7, 11) is 0. The first-order valence-corrected chi connectivity index (χ1v) is 6.23. The van der Waals surface area contributed by atoms with Crippen LogP contribution in [0.25, 0.3) is 10.9 Å². The molecule has 3 rings (SSSR count). The van der Waals surface area contributed by atoms with Crippen molar-refractivity contribution in [2.45, 2.75) is 0 Å². The van der Waals surface area contributed by atoms with Gasteiger partial charge in [0.15, 0.2) is 5.75 Å². The zero-order valence-corrected chi connectivity index (χ0v) is 10.9. The lowest BCUT2D eigenvalue weighted by Gasteiger charge is -2.08. The molecule has 0 fully saturated rings. The third kappa shape index (κ3) is 2.49. The number of ether oxygens (including phenoxy) is 1. The fraction of sp³-hybridized carbons (Fsp3) is 0. The van der Waals surface area contributed by atoms with E-state index in [-0.39, 0.29) is 17.1 Å². The van der Waals surface area contributed by atoms with Crippen LogP contribution >= 0.6 is 0 Å². The Kier molecular flexibility index (Phi) is 3.16. The maximum absolute atomic E-state index is 12.1. The van der Waals surface area contributed by atoms with Gasteiger partial charge in [0.25, 0.3) is 0 Å². The molecule has 2 aromatic carbocycles. The van der Waals surface area contributed by atoms with Crippen LogP contribution < -0.4 is 4.74 Å². The number of nitrogens with zero attached hydrogens (tertiary/aromatic N) is 1. The Hall–Kier alpha value is -3.08. The Labute approximate surface area is 120 Å². The Morgan fingerprint density at radius 1 is 1.05 bits per heavy atom. The van der Waals surface area contributed by atoms with E-state index in [0.717, 1.165) is 11.5 Å². The van der Waals surface area contributed by atoms with Gasteiger partial charge in [-0.15, -0.1) is 0 Å². The monoisotopic (exact) mass is 281 g/mol. The first-order valence-electron chi connectivity index (χ1n) is 6.23. The topological polar surface area (TPSA) is 79.7 Å². The van der Waals surface area contributed by atoms with Crippen molar-refractivity contribution in [1.29, 1.82) is 0 Å². The predicted molar refractivity (Wildman–Crippen MR) is 76.5 cm³/mol. The van der Waals surface area contributed by atoms with E-state index < -0.39 is 5.97 Å². The molecule has 0 unspecified atom stereocenters. The minimum absolute atomic E-state index is 0.108.